The molecule has 1 saturated heterocycles. The number of ether oxygens (including phenoxy) is 1. The number of likely N-dealkylation sites (tertiary alicyclic amines) is 1. The standard InChI is InChI=1S/C13H18N2O2/c1-11(16)17-9-6-13(4-5-13)12(10-14)15-7-2-3-8-15/h6,9,12H,2-5,7-8H2,1H3/b9-6+. The molecule has 0 N–H and O–H groups in total. The van der Waals surface area contributed by atoms with Gasteiger partial charge in [-0.25, -0.2) is 0 Å². The zero-order valence-electron chi connectivity index (χ0n) is 10.2. The normalized spacial score (nSPS) is 24.5. The fourth-order valence-corrected chi connectivity index (χ4v) is 2.51. The number of nitrogens with zero attached hydrogens (tertiary/aromatic N) is 2. The van der Waals surface area contributed by atoms with Gasteiger partial charge in [0, 0.05) is 12.3 Å². The number of carbonyl (C=O) groups excluding carboxylic acids is 1. The molecule has 4 nitrogen and oxygen atoms in total. The van der Waals surface area contributed by atoms with E-state index >= 15 is 0 Å². The van der Waals surface area contributed by atoms with Gasteiger partial charge in [-0.1, -0.05) is 0 Å². The Labute approximate surface area is 102 Å². The molecule has 2 aliphatic rings. The van der Waals surface area contributed by atoms with Crippen LogP contribution in [-0.4, -0.2) is 30.0 Å². The van der Waals surface area contributed by atoms with Crippen LogP contribution in [0, 0.1) is 16.7 Å². The predicted molar refractivity (Wildman–Crippen MR) is 62.8 cm³/mol. The SMILES string of the molecule is CC(=O)O/C=C/C1(C(C#N)N2CCCC2)CC1. The number of hydrogen-bond acceptors (Lipinski definition) is 4. The van der Waals surface area contributed by atoms with E-state index in [-0.39, 0.29) is 17.4 Å². The molecule has 4 heteroatoms. The van der Waals surface area contributed by atoms with Crippen LogP contribution in [0.15, 0.2) is 12.3 Å². The third-order valence-electron chi connectivity index (χ3n) is 3.63. The van der Waals surface area contributed by atoms with E-state index in [0.717, 1.165) is 25.9 Å². The molecule has 0 aromatic rings. The van der Waals surface area contributed by atoms with Gasteiger partial charge in [0.2, 0.25) is 0 Å². The van der Waals surface area contributed by atoms with Crippen molar-refractivity contribution in [2.45, 2.75) is 38.6 Å². The Hall–Kier alpha value is -1.34. The first-order valence-electron chi connectivity index (χ1n) is 6.16. The highest BCUT2D eigenvalue weighted by atomic mass is 16.5. The van der Waals surface area contributed by atoms with E-state index in [0.29, 0.717) is 0 Å². The van der Waals surface area contributed by atoms with Crippen molar-refractivity contribution in [3.05, 3.63) is 12.3 Å². The van der Waals surface area contributed by atoms with Crippen LogP contribution >= 0.6 is 0 Å². The zero-order chi connectivity index (χ0) is 12.3. The summed E-state index contributed by atoms with van der Waals surface area (Å²) in [6, 6.07) is 2.36. The van der Waals surface area contributed by atoms with Crippen LogP contribution in [-0.2, 0) is 9.53 Å². The summed E-state index contributed by atoms with van der Waals surface area (Å²) < 4.78 is 4.83. The van der Waals surface area contributed by atoms with Gasteiger partial charge in [-0.2, -0.15) is 5.26 Å². The zero-order valence-corrected chi connectivity index (χ0v) is 10.2. The Morgan fingerprint density at radius 3 is 2.59 bits per heavy atom. The van der Waals surface area contributed by atoms with Crippen molar-refractivity contribution < 1.29 is 9.53 Å². The smallest absolute Gasteiger partial charge is 0.307 e. The predicted octanol–water partition coefficient (Wildman–Crippen LogP) is 1.83. The quantitative estimate of drug-likeness (QED) is 0.550. The highest BCUT2D eigenvalue weighted by molar-refractivity contribution is 5.66. The minimum Gasteiger partial charge on any atom is -0.435 e. The summed E-state index contributed by atoms with van der Waals surface area (Å²) in [5.74, 6) is -0.313. The summed E-state index contributed by atoms with van der Waals surface area (Å²) in [6.07, 6.45) is 7.75. The molecule has 1 heterocycles. The van der Waals surface area contributed by atoms with Crippen LogP contribution in [0.25, 0.3) is 0 Å². The molecular formula is C13H18N2O2. The van der Waals surface area contributed by atoms with Crippen molar-refractivity contribution in [3.63, 3.8) is 0 Å². The van der Waals surface area contributed by atoms with Crippen LogP contribution in [0.3, 0.4) is 0 Å². The minimum absolute atomic E-state index is 0.0585. The Balaban J connectivity index is 2.00. The largest absolute Gasteiger partial charge is 0.435 e. The van der Waals surface area contributed by atoms with Crippen LogP contribution in [0.1, 0.15) is 32.6 Å². The maximum Gasteiger partial charge on any atom is 0.307 e. The number of hydrogen-bond donors (Lipinski definition) is 0. The molecule has 17 heavy (non-hydrogen) atoms. The maximum absolute atomic E-state index is 10.7. The molecule has 1 saturated carbocycles. The third kappa shape index (κ3) is 2.67. The van der Waals surface area contributed by atoms with Crippen LogP contribution < -0.4 is 0 Å². The Morgan fingerprint density at radius 2 is 2.12 bits per heavy atom. The molecular weight excluding hydrogens is 216 g/mol. The van der Waals surface area contributed by atoms with Gasteiger partial charge in [0.05, 0.1) is 12.3 Å². The fourth-order valence-electron chi connectivity index (χ4n) is 2.51. The van der Waals surface area contributed by atoms with E-state index in [1.807, 2.05) is 6.08 Å². The van der Waals surface area contributed by atoms with Crippen molar-refractivity contribution in [2.24, 2.45) is 5.41 Å². The van der Waals surface area contributed by atoms with Gasteiger partial charge in [0.15, 0.2) is 0 Å². The minimum atomic E-state index is -0.313. The molecule has 1 aliphatic heterocycles. The van der Waals surface area contributed by atoms with E-state index < -0.39 is 0 Å². The molecule has 92 valence electrons. The lowest BCUT2D eigenvalue weighted by molar-refractivity contribution is -0.135. The first-order valence-corrected chi connectivity index (χ1v) is 6.16. The first-order chi connectivity index (χ1) is 8.18. The van der Waals surface area contributed by atoms with Gasteiger partial charge in [0.25, 0.3) is 0 Å². The monoisotopic (exact) mass is 234 g/mol. The second-order valence-electron chi connectivity index (χ2n) is 4.92. The maximum atomic E-state index is 10.7. The molecule has 2 fully saturated rings. The van der Waals surface area contributed by atoms with Gasteiger partial charge < -0.3 is 4.74 Å². The van der Waals surface area contributed by atoms with Crippen molar-refractivity contribution in [3.8, 4) is 6.07 Å². The Morgan fingerprint density at radius 1 is 1.47 bits per heavy atom. The lowest BCUT2D eigenvalue weighted by atomic mass is 9.96. The summed E-state index contributed by atoms with van der Waals surface area (Å²) in [6.45, 7) is 3.41. The van der Waals surface area contributed by atoms with Gasteiger partial charge in [0.1, 0.15) is 6.04 Å². The average Bonchev–Trinajstić information content (AvgIpc) is 2.86. The van der Waals surface area contributed by atoms with Gasteiger partial charge in [-0.15, -0.1) is 0 Å². The number of carbonyl (C=O) groups is 1. The number of nitriles is 1. The molecule has 1 unspecified atom stereocenters. The van der Waals surface area contributed by atoms with Crippen molar-refractivity contribution in [1.29, 1.82) is 5.26 Å². The van der Waals surface area contributed by atoms with Crippen molar-refractivity contribution in [1.82, 2.24) is 4.90 Å². The highest BCUT2D eigenvalue weighted by Gasteiger charge is 2.50. The summed E-state index contributed by atoms with van der Waals surface area (Å²) in [4.78, 5) is 13.0. The molecule has 0 amide bonds. The molecule has 0 spiro atoms. The molecule has 0 radical (unpaired) electrons. The van der Waals surface area contributed by atoms with E-state index in [4.69, 9.17) is 4.74 Å². The average molecular weight is 234 g/mol. The molecule has 1 atom stereocenters. The van der Waals surface area contributed by atoms with Gasteiger partial charge >= 0.3 is 5.97 Å². The fraction of sp³-hybridized carbons (Fsp3) is 0.692. The molecule has 0 aromatic heterocycles. The van der Waals surface area contributed by atoms with E-state index in [1.165, 1.54) is 26.0 Å². The molecule has 2 rings (SSSR count). The summed E-state index contributed by atoms with van der Waals surface area (Å²) in [5, 5.41) is 9.34. The molecule has 1 aliphatic carbocycles. The van der Waals surface area contributed by atoms with Crippen LogP contribution in [0.5, 0.6) is 0 Å². The number of esters is 1. The number of rotatable bonds is 4. The summed E-state index contributed by atoms with van der Waals surface area (Å²) >= 11 is 0. The van der Waals surface area contributed by atoms with Crippen molar-refractivity contribution >= 4 is 5.97 Å². The lowest BCUT2D eigenvalue weighted by Crippen LogP contribution is -2.38. The summed E-state index contributed by atoms with van der Waals surface area (Å²) in [5.41, 5.74) is -0.0749. The second-order valence-corrected chi connectivity index (χ2v) is 4.92. The van der Waals surface area contributed by atoms with E-state index in [1.54, 1.807) is 0 Å². The highest BCUT2D eigenvalue weighted by Crippen LogP contribution is 2.52. The van der Waals surface area contributed by atoms with Crippen LogP contribution in [0.2, 0.25) is 0 Å². The first kappa shape index (κ1) is 12.1. The molecule has 0 aromatic carbocycles. The topological polar surface area (TPSA) is 53.3 Å². The second kappa shape index (κ2) is 4.89. The van der Waals surface area contributed by atoms with Gasteiger partial charge in [-0.3, -0.25) is 9.69 Å². The molecule has 0 bridgehead atoms. The Bertz CT molecular complexity index is 360. The lowest BCUT2D eigenvalue weighted by Gasteiger charge is -2.27. The van der Waals surface area contributed by atoms with Gasteiger partial charge in [-0.05, 0) is 44.8 Å². The van der Waals surface area contributed by atoms with E-state index in [2.05, 4.69) is 11.0 Å². The summed E-state index contributed by atoms with van der Waals surface area (Å²) in [7, 11) is 0. The Kier molecular flexibility index (Phi) is 3.49. The third-order valence-corrected chi connectivity index (χ3v) is 3.63. The van der Waals surface area contributed by atoms with E-state index in [9.17, 15) is 10.1 Å². The van der Waals surface area contributed by atoms with Crippen LogP contribution in [0.4, 0.5) is 0 Å². The van der Waals surface area contributed by atoms with Crippen molar-refractivity contribution in [2.75, 3.05) is 13.1 Å².